The van der Waals surface area contributed by atoms with E-state index in [1.807, 2.05) is 24.3 Å². The molecule has 3 fully saturated rings. The summed E-state index contributed by atoms with van der Waals surface area (Å²) in [5.41, 5.74) is 5.97. The van der Waals surface area contributed by atoms with Crippen LogP contribution in [-0.2, 0) is 65.5 Å². The lowest BCUT2D eigenvalue weighted by Crippen LogP contribution is -2.52. The molecule has 1 saturated carbocycles. The van der Waals surface area contributed by atoms with Gasteiger partial charge in [-0.3, -0.25) is 58.6 Å². The summed E-state index contributed by atoms with van der Waals surface area (Å²) in [6.07, 6.45) is 4.24. The molecule has 2 atom stereocenters. The van der Waals surface area contributed by atoms with Crippen molar-refractivity contribution in [1.82, 2.24) is 25.8 Å². The first-order chi connectivity index (χ1) is 31.8. The molecule has 4 aromatic rings. The topological polar surface area (TPSA) is 213 Å². The van der Waals surface area contributed by atoms with E-state index in [0.29, 0.717) is 54.5 Å². The molecule has 2 saturated heterocycles. The molecule has 2 aromatic carbocycles. The number of carbonyl (C=O) groups excluding carboxylic acids is 10. The Bertz CT molecular complexity index is 2740. The molecule has 67 heavy (non-hydrogen) atoms. The van der Waals surface area contributed by atoms with Crippen molar-refractivity contribution in [1.29, 1.82) is 0 Å². The minimum atomic E-state index is -0.669. The van der Waals surface area contributed by atoms with Gasteiger partial charge in [0.25, 0.3) is 17.7 Å². The fraction of sp³-hybridized carbons (Fsp3) is 0.400. The molecule has 0 radical (unpaired) electrons. The molecule has 0 bridgehead atoms. The van der Waals surface area contributed by atoms with E-state index in [9.17, 15) is 47.9 Å². The number of rotatable bonds is 13. The first-order valence-electron chi connectivity index (χ1n) is 22.4. The van der Waals surface area contributed by atoms with Crippen molar-refractivity contribution in [2.75, 3.05) is 6.54 Å². The lowest BCUT2D eigenvalue weighted by Gasteiger charge is -2.29. The highest BCUT2D eigenvalue weighted by Crippen LogP contribution is 2.47. The molecule has 3 N–H and O–H groups in total. The van der Waals surface area contributed by atoms with Crippen molar-refractivity contribution in [3.8, 4) is 0 Å². The van der Waals surface area contributed by atoms with E-state index in [-0.39, 0.29) is 66.8 Å². The van der Waals surface area contributed by atoms with Crippen molar-refractivity contribution in [2.24, 2.45) is 0 Å². The molecule has 1 aliphatic carbocycles. The number of carbonyl (C=O) groups is 10. The Hall–Kier alpha value is -6.46. The van der Waals surface area contributed by atoms with E-state index in [1.165, 1.54) is 38.0 Å². The molecule has 17 heteroatoms. The molecule has 348 valence electrons. The van der Waals surface area contributed by atoms with Gasteiger partial charge in [0.05, 0.1) is 11.1 Å². The monoisotopic (exact) mass is 945 g/mol. The highest BCUT2D eigenvalue weighted by molar-refractivity contribution is 7.10. The van der Waals surface area contributed by atoms with Crippen molar-refractivity contribution in [2.45, 2.75) is 121 Å². The van der Waals surface area contributed by atoms with Crippen LogP contribution in [0.25, 0.3) is 0 Å². The van der Waals surface area contributed by atoms with E-state index in [1.54, 1.807) is 35.0 Å². The van der Waals surface area contributed by atoms with Crippen molar-refractivity contribution in [3.05, 3.63) is 114 Å². The standard InChI is InChI=1S/C25H27N3O5S.C25H24N2O5S/c1-25(2,3)15-6-4-14(5-7-15)21(30)23(32)26-11-10-19-16-12-28(24(33)17(16)13-34-19)18-8-9-20(29)27-22(18)31;1-25(10-11-25)15-4-2-14(3-5-15)22(30)19(28)7-8-20-16-12-27(24(32)17(16)13-33-20)18-6-9-21(29)26-23(18)31/h4-7,13,18H,8-12H2,1-3H3,(H,26,32)(H,27,29,31);2-5,13,18H,6-12H2,1H3,(H,26,29,31). The number of ketones is 3. The number of hydrogen-bond donors (Lipinski definition) is 3. The van der Waals surface area contributed by atoms with Crippen LogP contribution in [0.3, 0.4) is 0 Å². The molecule has 2 unspecified atom stereocenters. The van der Waals surface area contributed by atoms with E-state index in [0.717, 1.165) is 39.3 Å². The number of nitrogens with one attached hydrogen (secondary N) is 3. The molecule has 9 rings (SSSR count). The third kappa shape index (κ3) is 9.84. The number of aryl methyl sites for hydroxylation is 1. The minimum Gasteiger partial charge on any atom is -0.349 e. The second-order valence-corrected chi connectivity index (χ2v) is 20.9. The maximum absolute atomic E-state index is 12.8. The number of fused-ring (bicyclic) bond motifs is 2. The Kier molecular flexibility index (Phi) is 13.1. The summed E-state index contributed by atoms with van der Waals surface area (Å²) in [6, 6.07) is 13.1. The average molecular weight is 946 g/mol. The zero-order valence-electron chi connectivity index (χ0n) is 37.7. The van der Waals surface area contributed by atoms with Crippen LogP contribution < -0.4 is 16.0 Å². The van der Waals surface area contributed by atoms with E-state index < -0.39 is 47.2 Å². The highest BCUT2D eigenvalue weighted by Gasteiger charge is 2.42. The number of thiophene rings is 2. The maximum Gasteiger partial charge on any atom is 0.292 e. The Morgan fingerprint density at radius 3 is 1.64 bits per heavy atom. The zero-order valence-corrected chi connectivity index (χ0v) is 39.3. The van der Waals surface area contributed by atoms with E-state index in [2.05, 4.69) is 43.6 Å². The molecule has 15 nitrogen and oxygen atoms in total. The Morgan fingerprint density at radius 2 is 1.16 bits per heavy atom. The van der Waals surface area contributed by atoms with Crippen LogP contribution in [0.15, 0.2) is 59.3 Å². The number of amides is 7. The number of imide groups is 2. The van der Waals surface area contributed by atoms with Gasteiger partial charge in [-0.15, -0.1) is 22.7 Å². The summed E-state index contributed by atoms with van der Waals surface area (Å²) in [6.45, 7) is 9.26. The van der Waals surface area contributed by atoms with Crippen molar-refractivity contribution < 1.29 is 47.9 Å². The summed E-state index contributed by atoms with van der Waals surface area (Å²) < 4.78 is 0. The molecule has 4 aliphatic heterocycles. The predicted octanol–water partition coefficient (Wildman–Crippen LogP) is 5.29. The number of piperidine rings is 2. The molecular weight excluding hydrogens is 895 g/mol. The summed E-state index contributed by atoms with van der Waals surface area (Å²) in [5.74, 6) is -4.17. The second kappa shape index (κ2) is 18.7. The summed E-state index contributed by atoms with van der Waals surface area (Å²) in [4.78, 5) is 128. The first-order valence-corrected chi connectivity index (χ1v) is 24.2. The normalized spacial score (nSPS) is 19.5. The number of benzene rings is 2. The molecule has 5 aliphatic rings. The molecule has 0 spiro atoms. The van der Waals surface area contributed by atoms with Gasteiger partial charge in [-0.2, -0.15) is 0 Å². The van der Waals surface area contributed by atoms with Gasteiger partial charge in [-0.25, -0.2) is 0 Å². The van der Waals surface area contributed by atoms with Crippen LogP contribution in [0.4, 0.5) is 0 Å². The van der Waals surface area contributed by atoms with Gasteiger partial charge >= 0.3 is 0 Å². The Labute approximate surface area is 395 Å². The van der Waals surface area contributed by atoms with Crippen LogP contribution >= 0.6 is 22.7 Å². The van der Waals surface area contributed by atoms with Crippen molar-refractivity contribution in [3.63, 3.8) is 0 Å². The Morgan fingerprint density at radius 1 is 0.687 bits per heavy atom. The average Bonchev–Trinajstić information content (AvgIpc) is 3.55. The molecule has 2 aromatic heterocycles. The lowest BCUT2D eigenvalue weighted by atomic mass is 9.86. The van der Waals surface area contributed by atoms with Crippen LogP contribution in [0.5, 0.6) is 0 Å². The summed E-state index contributed by atoms with van der Waals surface area (Å²) in [5, 5.41) is 10.8. The van der Waals surface area contributed by atoms with Gasteiger partial charge < -0.3 is 15.1 Å². The molecular formula is C50H51N5O10S2. The van der Waals surface area contributed by atoms with Gasteiger partial charge in [-0.1, -0.05) is 76.2 Å². The molecule has 6 heterocycles. The van der Waals surface area contributed by atoms with E-state index in [4.69, 9.17) is 0 Å². The number of nitrogens with zero attached hydrogens (tertiary/aromatic N) is 2. The van der Waals surface area contributed by atoms with Gasteiger partial charge in [0.2, 0.25) is 41.0 Å². The zero-order chi connectivity index (χ0) is 47.9. The van der Waals surface area contributed by atoms with Crippen LogP contribution in [0, 0.1) is 0 Å². The van der Waals surface area contributed by atoms with Gasteiger partial charge in [0.15, 0.2) is 0 Å². The smallest absolute Gasteiger partial charge is 0.292 e. The Balaban J connectivity index is 0.000000182. The fourth-order valence-corrected chi connectivity index (χ4v) is 10.9. The third-order valence-electron chi connectivity index (χ3n) is 13.3. The number of hydrogen-bond acceptors (Lipinski definition) is 12. The minimum absolute atomic E-state index is 0.0417. The largest absolute Gasteiger partial charge is 0.349 e. The summed E-state index contributed by atoms with van der Waals surface area (Å²) in [7, 11) is 0. The second-order valence-electron chi connectivity index (χ2n) is 19.0. The summed E-state index contributed by atoms with van der Waals surface area (Å²) >= 11 is 2.83. The van der Waals surface area contributed by atoms with Gasteiger partial charge in [0.1, 0.15) is 12.1 Å². The third-order valence-corrected chi connectivity index (χ3v) is 15.5. The number of Topliss-reactive ketones (excluding diaryl/α,β-unsaturated/α-hetero) is 3. The van der Waals surface area contributed by atoms with E-state index >= 15 is 0 Å². The molecule has 7 amide bonds. The first kappa shape index (κ1) is 47.0. The van der Waals surface area contributed by atoms with Crippen LogP contribution in [0.2, 0.25) is 0 Å². The maximum atomic E-state index is 12.8. The quantitative estimate of drug-likeness (QED) is 0.0895. The lowest BCUT2D eigenvalue weighted by molar-refractivity contribution is -0.138. The van der Waals surface area contributed by atoms with Gasteiger partial charge in [-0.05, 0) is 71.6 Å². The fourth-order valence-electron chi connectivity index (χ4n) is 8.85. The van der Waals surface area contributed by atoms with Crippen molar-refractivity contribution >= 4 is 81.4 Å². The van der Waals surface area contributed by atoms with Gasteiger partial charge in [0, 0.05) is 70.5 Å². The van der Waals surface area contributed by atoms with Crippen LogP contribution in [0.1, 0.15) is 146 Å². The van der Waals surface area contributed by atoms with Crippen LogP contribution in [-0.4, -0.2) is 87.1 Å². The highest BCUT2D eigenvalue weighted by atomic mass is 32.1. The predicted molar refractivity (Wildman–Crippen MR) is 248 cm³/mol. The SMILES string of the molecule is CC(C)(C)c1ccc(C(=O)C(=O)NCCc2scc3c2CN(C2CCC(=O)NC2=O)C3=O)cc1.CC1(c2ccc(C(=O)C(=O)CCc3scc4c3CN(C3CCC(=O)NC3=O)C4=O)cc2)CC1.